The first-order valence-electron chi connectivity index (χ1n) is 10.4. The van der Waals surface area contributed by atoms with Crippen molar-refractivity contribution in [3.8, 4) is 0 Å². The largest absolute Gasteiger partial charge is 0.480 e. The molecule has 28 heavy (non-hydrogen) atoms. The Kier molecular flexibility index (Phi) is 7.71. The lowest BCUT2D eigenvalue weighted by molar-refractivity contribution is -0.141. The Morgan fingerprint density at radius 2 is 2.00 bits per heavy atom. The lowest BCUT2D eigenvalue weighted by Crippen LogP contribution is -2.31. The monoisotopic (exact) mass is 381 g/mol. The maximum Gasteiger partial charge on any atom is 0.326 e. The molecule has 1 aliphatic heterocycles. The van der Waals surface area contributed by atoms with Gasteiger partial charge in [-0.1, -0.05) is 61.1 Å². The van der Waals surface area contributed by atoms with Crippen LogP contribution in [0.15, 0.2) is 64.6 Å². The van der Waals surface area contributed by atoms with Gasteiger partial charge < -0.3 is 10.0 Å². The molecule has 2 rings (SSSR count). The van der Waals surface area contributed by atoms with Crippen LogP contribution in [0.5, 0.6) is 0 Å². The van der Waals surface area contributed by atoms with E-state index in [9.17, 15) is 9.90 Å². The lowest BCUT2D eigenvalue weighted by Gasteiger charge is -2.32. The smallest absolute Gasteiger partial charge is 0.326 e. The molecule has 0 aromatic heterocycles. The summed E-state index contributed by atoms with van der Waals surface area (Å²) in [5.41, 5.74) is 8.65. The molecule has 152 valence electrons. The van der Waals surface area contributed by atoms with Crippen molar-refractivity contribution in [3.63, 3.8) is 0 Å². The first-order valence-corrected chi connectivity index (χ1v) is 10.4. The van der Waals surface area contributed by atoms with Crippen LogP contribution in [0.4, 0.5) is 0 Å². The molecule has 1 atom stereocenters. The number of likely N-dealkylation sites (tertiary alicyclic amines) is 1. The highest BCUT2D eigenvalue weighted by Crippen LogP contribution is 2.40. The third-order valence-corrected chi connectivity index (χ3v) is 5.80. The van der Waals surface area contributed by atoms with Gasteiger partial charge in [0.1, 0.15) is 6.04 Å². The highest BCUT2D eigenvalue weighted by atomic mass is 16.4. The van der Waals surface area contributed by atoms with Crippen molar-refractivity contribution in [2.45, 2.75) is 72.8 Å². The normalized spacial score (nSPS) is 22.8. The van der Waals surface area contributed by atoms with Crippen LogP contribution in [0, 0.1) is 5.41 Å². The van der Waals surface area contributed by atoms with E-state index in [0.717, 1.165) is 18.5 Å². The van der Waals surface area contributed by atoms with Crippen molar-refractivity contribution in [2.24, 2.45) is 5.41 Å². The van der Waals surface area contributed by atoms with Gasteiger partial charge in [0.2, 0.25) is 0 Å². The number of rotatable bonds is 6. The molecule has 3 nitrogen and oxygen atoms in total. The van der Waals surface area contributed by atoms with Crippen molar-refractivity contribution in [3.05, 3.63) is 64.6 Å². The second kappa shape index (κ2) is 9.80. The minimum absolute atomic E-state index is 0.266. The second-order valence-electron chi connectivity index (χ2n) is 8.73. The number of aliphatic carboxylic acids is 1. The zero-order valence-corrected chi connectivity index (χ0v) is 18.1. The quantitative estimate of drug-likeness (QED) is 0.441. The van der Waals surface area contributed by atoms with Crippen molar-refractivity contribution in [1.29, 1.82) is 0 Å². The molecule has 0 aromatic rings. The number of carboxylic acids is 1. The van der Waals surface area contributed by atoms with E-state index in [-0.39, 0.29) is 5.41 Å². The van der Waals surface area contributed by atoms with Crippen LogP contribution in [0.25, 0.3) is 0 Å². The van der Waals surface area contributed by atoms with Gasteiger partial charge in [0.25, 0.3) is 0 Å². The molecule has 2 aliphatic rings. The molecular formula is C25H35NO2. The summed E-state index contributed by atoms with van der Waals surface area (Å²) in [6.07, 6.45) is 17.8. The van der Waals surface area contributed by atoms with Crippen LogP contribution in [0.3, 0.4) is 0 Å². The van der Waals surface area contributed by atoms with Gasteiger partial charge in [-0.2, -0.15) is 0 Å². The number of carboxylic acid groups (broad SMARTS) is 1. The number of allylic oxidation sites excluding steroid dienone is 9. The van der Waals surface area contributed by atoms with Gasteiger partial charge in [-0.25, -0.2) is 4.79 Å². The van der Waals surface area contributed by atoms with Crippen LogP contribution in [0.2, 0.25) is 0 Å². The summed E-state index contributed by atoms with van der Waals surface area (Å²) in [6.45, 7) is 11.8. The fourth-order valence-electron chi connectivity index (χ4n) is 4.07. The lowest BCUT2D eigenvalue weighted by atomic mass is 9.72. The van der Waals surface area contributed by atoms with E-state index in [2.05, 4.69) is 51.7 Å². The van der Waals surface area contributed by atoms with Gasteiger partial charge >= 0.3 is 5.97 Å². The SMILES string of the molecule is CC(=C=CN1CCCC1C(=O)O)/C=C/C=C(C)/C=C/C1=C(C)CCCC1(C)C. The molecule has 0 saturated carbocycles. The highest BCUT2D eigenvalue weighted by Gasteiger charge is 2.28. The van der Waals surface area contributed by atoms with Crippen LogP contribution < -0.4 is 0 Å². The Labute approximate surface area is 170 Å². The van der Waals surface area contributed by atoms with Gasteiger partial charge in [-0.05, 0) is 69.4 Å². The van der Waals surface area contributed by atoms with Gasteiger partial charge in [0, 0.05) is 12.7 Å². The number of hydrogen-bond acceptors (Lipinski definition) is 2. The minimum Gasteiger partial charge on any atom is -0.480 e. The van der Waals surface area contributed by atoms with Gasteiger partial charge in [0.15, 0.2) is 0 Å². The topological polar surface area (TPSA) is 40.5 Å². The van der Waals surface area contributed by atoms with Crippen LogP contribution in [-0.4, -0.2) is 28.6 Å². The molecule has 1 saturated heterocycles. The molecular weight excluding hydrogens is 346 g/mol. The summed E-state index contributed by atoms with van der Waals surface area (Å²) in [6, 6.07) is -0.404. The highest BCUT2D eigenvalue weighted by molar-refractivity contribution is 5.74. The Morgan fingerprint density at radius 3 is 2.68 bits per heavy atom. The number of hydrogen-bond donors (Lipinski definition) is 1. The second-order valence-corrected chi connectivity index (χ2v) is 8.73. The third-order valence-electron chi connectivity index (χ3n) is 5.80. The summed E-state index contributed by atoms with van der Waals surface area (Å²) < 4.78 is 0. The average Bonchev–Trinajstić information content (AvgIpc) is 3.08. The first-order chi connectivity index (χ1) is 13.2. The fourth-order valence-corrected chi connectivity index (χ4v) is 4.07. The van der Waals surface area contributed by atoms with E-state index >= 15 is 0 Å². The Bertz CT molecular complexity index is 770. The van der Waals surface area contributed by atoms with E-state index in [0.29, 0.717) is 6.42 Å². The number of carbonyl (C=O) groups is 1. The molecule has 0 radical (unpaired) electrons. The molecule has 0 amide bonds. The zero-order valence-electron chi connectivity index (χ0n) is 18.1. The summed E-state index contributed by atoms with van der Waals surface area (Å²) >= 11 is 0. The van der Waals surface area contributed by atoms with Crippen molar-refractivity contribution in [2.75, 3.05) is 6.54 Å². The molecule has 0 aromatic carbocycles. The maximum atomic E-state index is 11.2. The molecule has 3 heteroatoms. The minimum atomic E-state index is -0.749. The molecule has 1 heterocycles. The Morgan fingerprint density at radius 1 is 1.25 bits per heavy atom. The van der Waals surface area contributed by atoms with Crippen LogP contribution in [-0.2, 0) is 4.79 Å². The zero-order chi connectivity index (χ0) is 20.7. The summed E-state index contributed by atoms with van der Waals surface area (Å²) in [5, 5.41) is 9.22. The Balaban J connectivity index is 2.01. The van der Waals surface area contributed by atoms with Gasteiger partial charge in [0.05, 0.1) is 0 Å². The van der Waals surface area contributed by atoms with Gasteiger partial charge in [-0.15, -0.1) is 0 Å². The van der Waals surface area contributed by atoms with E-state index in [4.69, 9.17) is 0 Å². The fraction of sp³-hybridized carbons (Fsp3) is 0.520. The standard InChI is InChI=1S/C25H35NO2/c1-19(13-14-22-21(3)11-7-16-25(22,4)5)9-6-10-20(2)15-18-26-17-8-12-23(26)24(27)28/h6,9-10,13-14,18,23H,7-8,11-12,16-17H2,1-5H3,(H,27,28)/b10-6+,14-13+,19-9+. The van der Waals surface area contributed by atoms with Crippen molar-refractivity contribution in [1.82, 2.24) is 4.90 Å². The van der Waals surface area contributed by atoms with Crippen molar-refractivity contribution >= 4 is 5.97 Å². The van der Waals surface area contributed by atoms with E-state index < -0.39 is 12.0 Å². The molecule has 0 bridgehead atoms. The predicted octanol–water partition coefficient (Wildman–Crippen LogP) is 6.18. The summed E-state index contributed by atoms with van der Waals surface area (Å²) in [5.74, 6) is -0.749. The molecule has 1 aliphatic carbocycles. The van der Waals surface area contributed by atoms with E-state index in [1.807, 2.05) is 24.0 Å². The molecule has 1 unspecified atom stereocenters. The Hall–Kier alpha value is -2.25. The summed E-state index contributed by atoms with van der Waals surface area (Å²) in [7, 11) is 0. The maximum absolute atomic E-state index is 11.2. The average molecular weight is 382 g/mol. The van der Waals surface area contributed by atoms with Crippen LogP contribution in [0.1, 0.15) is 66.7 Å². The third kappa shape index (κ3) is 6.14. The van der Waals surface area contributed by atoms with Crippen molar-refractivity contribution < 1.29 is 9.90 Å². The van der Waals surface area contributed by atoms with Crippen LogP contribution >= 0.6 is 0 Å². The predicted molar refractivity (Wildman–Crippen MR) is 117 cm³/mol. The summed E-state index contributed by atoms with van der Waals surface area (Å²) in [4.78, 5) is 13.1. The van der Waals surface area contributed by atoms with E-state index in [1.165, 1.54) is 36.0 Å². The van der Waals surface area contributed by atoms with E-state index in [1.54, 1.807) is 6.20 Å². The molecule has 1 fully saturated rings. The van der Waals surface area contributed by atoms with Gasteiger partial charge in [-0.3, -0.25) is 0 Å². The molecule has 0 spiro atoms. The number of nitrogens with zero attached hydrogens (tertiary/aromatic N) is 1. The first kappa shape index (κ1) is 22.0. The molecule has 1 N–H and O–H groups in total.